The molecule has 140 valence electrons. The monoisotopic (exact) mass is 366 g/mol. The fourth-order valence-corrected chi connectivity index (χ4v) is 3.78. The van der Waals surface area contributed by atoms with E-state index < -0.39 is 0 Å². The number of nitrogens with zero attached hydrogens (tertiary/aromatic N) is 4. The molecule has 0 aliphatic carbocycles. The number of hydrogen-bond donors (Lipinski definition) is 0. The molecule has 3 aromatic rings. The summed E-state index contributed by atoms with van der Waals surface area (Å²) in [5, 5.41) is 0. The summed E-state index contributed by atoms with van der Waals surface area (Å²) in [6.07, 6.45) is 4.66. The first kappa shape index (κ1) is 17.5. The average Bonchev–Trinajstić information content (AvgIpc) is 3.38. The summed E-state index contributed by atoms with van der Waals surface area (Å²) in [5.74, 6) is 1.05. The van der Waals surface area contributed by atoms with E-state index in [2.05, 4.69) is 9.55 Å². The van der Waals surface area contributed by atoms with Crippen LogP contribution < -0.4 is 0 Å². The predicted octanol–water partition coefficient (Wildman–Crippen LogP) is 3.35. The first-order chi connectivity index (χ1) is 13.0. The van der Waals surface area contributed by atoms with E-state index in [0.29, 0.717) is 18.8 Å². The van der Waals surface area contributed by atoms with Gasteiger partial charge in [0.05, 0.1) is 0 Å². The molecule has 1 unspecified atom stereocenters. The Morgan fingerprint density at radius 3 is 2.74 bits per heavy atom. The third kappa shape index (κ3) is 3.39. The summed E-state index contributed by atoms with van der Waals surface area (Å²) < 4.78 is 17.2. The van der Waals surface area contributed by atoms with Crippen LogP contribution in [0.5, 0.6) is 0 Å². The number of halogens is 1. The van der Waals surface area contributed by atoms with E-state index in [4.69, 9.17) is 0 Å². The first-order valence-electron chi connectivity index (χ1n) is 9.20. The molecule has 0 saturated carbocycles. The van der Waals surface area contributed by atoms with E-state index in [1.807, 2.05) is 48.0 Å². The van der Waals surface area contributed by atoms with Crippen molar-refractivity contribution in [1.82, 2.24) is 19.0 Å². The van der Waals surface area contributed by atoms with Gasteiger partial charge < -0.3 is 14.0 Å². The largest absolute Gasteiger partial charge is 0.347 e. The van der Waals surface area contributed by atoms with Gasteiger partial charge in [-0.25, -0.2) is 9.37 Å². The fourth-order valence-electron chi connectivity index (χ4n) is 3.78. The topological polar surface area (TPSA) is 43.1 Å². The standard InChI is InChI=1S/C21H23FN4O/c1-15-12-23-20(26(15)13-16-5-7-18(22)8-6-16)17-9-11-25(14-17)21(27)19-4-3-10-24(19)2/h3-8,10,12,17H,9,11,13-14H2,1-2H3. The molecule has 1 fully saturated rings. The molecule has 4 rings (SSSR count). The van der Waals surface area contributed by atoms with Gasteiger partial charge in [0, 0.05) is 50.7 Å². The summed E-state index contributed by atoms with van der Waals surface area (Å²) in [5.41, 5.74) is 2.82. The van der Waals surface area contributed by atoms with Crippen LogP contribution >= 0.6 is 0 Å². The van der Waals surface area contributed by atoms with Crippen molar-refractivity contribution in [3.63, 3.8) is 0 Å². The van der Waals surface area contributed by atoms with Crippen LogP contribution in [-0.2, 0) is 13.6 Å². The molecule has 0 N–H and O–H groups in total. The Bertz CT molecular complexity index is 957. The van der Waals surface area contributed by atoms with E-state index in [1.165, 1.54) is 12.1 Å². The van der Waals surface area contributed by atoms with E-state index in [1.54, 1.807) is 12.1 Å². The van der Waals surface area contributed by atoms with E-state index in [0.717, 1.165) is 30.0 Å². The number of imidazole rings is 1. The molecule has 2 aromatic heterocycles. The summed E-state index contributed by atoms with van der Waals surface area (Å²) in [7, 11) is 1.89. The van der Waals surface area contributed by atoms with E-state index in [9.17, 15) is 9.18 Å². The van der Waals surface area contributed by atoms with Crippen LogP contribution in [0, 0.1) is 12.7 Å². The summed E-state index contributed by atoms with van der Waals surface area (Å²) in [6, 6.07) is 10.3. The Hall–Kier alpha value is -2.89. The highest BCUT2D eigenvalue weighted by atomic mass is 19.1. The molecule has 1 aliphatic heterocycles. The zero-order chi connectivity index (χ0) is 19.0. The Morgan fingerprint density at radius 1 is 1.26 bits per heavy atom. The summed E-state index contributed by atoms with van der Waals surface area (Å²) in [6.45, 7) is 4.09. The van der Waals surface area contributed by atoms with Gasteiger partial charge in [0.1, 0.15) is 17.3 Å². The maximum atomic E-state index is 13.2. The molecule has 1 amide bonds. The Morgan fingerprint density at radius 2 is 2.04 bits per heavy atom. The number of hydrogen-bond acceptors (Lipinski definition) is 2. The summed E-state index contributed by atoms with van der Waals surface area (Å²) >= 11 is 0. The molecule has 1 aliphatic rings. The van der Waals surface area contributed by atoms with Crippen molar-refractivity contribution < 1.29 is 9.18 Å². The Kier molecular flexibility index (Phi) is 4.56. The lowest BCUT2D eigenvalue weighted by Crippen LogP contribution is -2.30. The van der Waals surface area contributed by atoms with Crippen LogP contribution in [0.3, 0.4) is 0 Å². The van der Waals surface area contributed by atoms with Crippen LogP contribution in [0.15, 0.2) is 48.8 Å². The van der Waals surface area contributed by atoms with Crippen LogP contribution in [-0.4, -0.2) is 38.0 Å². The zero-order valence-electron chi connectivity index (χ0n) is 15.6. The maximum absolute atomic E-state index is 13.2. The van der Waals surface area contributed by atoms with Gasteiger partial charge in [-0.15, -0.1) is 0 Å². The second-order valence-corrected chi connectivity index (χ2v) is 7.21. The van der Waals surface area contributed by atoms with Gasteiger partial charge in [0.25, 0.3) is 5.91 Å². The van der Waals surface area contributed by atoms with Gasteiger partial charge in [-0.1, -0.05) is 12.1 Å². The quantitative estimate of drug-likeness (QED) is 0.711. The lowest BCUT2D eigenvalue weighted by atomic mass is 10.1. The lowest BCUT2D eigenvalue weighted by Gasteiger charge is -2.18. The van der Waals surface area contributed by atoms with Gasteiger partial charge in [0.2, 0.25) is 0 Å². The van der Waals surface area contributed by atoms with E-state index in [-0.39, 0.29) is 17.6 Å². The van der Waals surface area contributed by atoms with Crippen LogP contribution in [0.4, 0.5) is 4.39 Å². The molecule has 1 aromatic carbocycles. The van der Waals surface area contributed by atoms with Crippen molar-refractivity contribution >= 4 is 5.91 Å². The molecule has 6 heteroatoms. The fraction of sp³-hybridized carbons (Fsp3) is 0.333. The third-order valence-electron chi connectivity index (χ3n) is 5.34. The average molecular weight is 366 g/mol. The third-order valence-corrected chi connectivity index (χ3v) is 5.34. The number of amides is 1. The van der Waals surface area contributed by atoms with E-state index >= 15 is 0 Å². The summed E-state index contributed by atoms with van der Waals surface area (Å²) in [4.78, 5) is 19.3. The molecule has 27 heavy (non-hydrogen) atoms. The number of aromatic nitrogens is 3. The molecular weight excluding hydrogens is 343 g/mol. The number of benzene rings is 1. The highest BCUT2D eigenvalue weighted by molar-refractivity contribution is 5.93. The normalized spacial score (nSPS) is 16.9. The minimum Gasteiger partial charge on any atom is -0.347 e. The number of carbonyl (C=O) groups is 1. The predicted molar refractivity (Wildman–Crippen MR) is 101 cm³/mol. The van der Waals surface area contributed by atoms with Crippen LogP contribution in [0.25, 0.3) is 0 Å². The molecule has 1 atom stereocenters. The molecule has 3 heterocycles. The van der Waals surface area contributed by atoms with Gasteiger partial charge in [-0.2, -0.15) is 0 Å². The minimum absolute atomic E-state index is 0.0679. The molecule has 0 radical (unpaired) electrons. The maximum Gasteiger partial charge on any atom is 0.270 e. The highest BCUT2D eigenvalue weighted by Crippen LogP contribution is 2.28. The second kappa shape index (κ2) is 7.02. The smallest absolute Gasteiger partial charge is 0.270 e. The van der Waals surface area contributed by atoms with Crippen molar-refractivity contribution in [3.05, 3.63) is 77.4 Å². The lowest BCUT2D eigenvalue weighted by molar-refractivity contribution is 0.0781. The Labute approximate surface area is 158 Å². The number of carbonyl (C=O) groups excluding carboxylic acids is 1. The SMILES string of the molecule is Cc1cnc(C2CCN(C(=O)c3cccn3C)C2)n1Cc1ccc(F)cc1. The number of aryl methyl sites for hydroxylation is 2. The first-order valence-corrected chi connectivity index (χ1v) is 9.20. The Balaban J connectivity index is 1.52. The molecule has 1 saturated heterocycles. The van der Waals surface area contributed by atoms with Crippen molar-refractivity contribution in [2.24, 2.45) is 7.05 Å². The highest BCUT2D eigenvalue weighted by Gasteiger charge is 2.31. The number of likely N-dealkylation sites (tertiary alicyclic amines) is 1. The van der Waals surface area contributed by atoms with Crippen molar-refractivity contribution in [2.75, 3.05) is 13.1 Å². The van der Waals surface area contributed by atoms with Crippen molar-refractivity contribution in [2.45, 2.75) is 25.8 Å². The van der Waals surface area contributed by atoms with Gasteiger partial charge in [-0.3, -0.25) is 4.79 Å². The molecule has 0 spiro atoms. The molecule has 0 bridgehead atoms. The zero-order valence-corrected chi connectivity index (χ0v) is 15.6. The number of rotatable bonds is 4. The molecule has 5 nitrogen and oxygen atoms in total. The molecular formula is C21H23FN4O. The van der Waals surface area contributed by atoms with Crippen molar-refractivity contribution in [1.29, 1.82) is 0 Å². The van der Waals surface area contributed by atoms with Gasteiger partial charge >= 0.3 is 0 Å². The van der Waals surface area contributed by atoms with Crippen LogP contribution in [0.1, 0.15) is 39.9 Å². The van der Waals surface area contributed by atoms with Crippen molar-refractivity contribution in [3.8, 4) is 0 Å². The second-order valence-electron chi connectivity index (χ2n) is 7.21. The van der Waals surface area contributed by atoms with Gasteiger partial charge in [0.15, 0.2) is 0 Å². The van der Waals surface area contributed by atoms with Crippen LogP contribution in [0.2, 0.25) is 0 Å². The minimum atomic E-state index is -0.230. The van der Waals surface area contributed by atoms with Gasteiger partial charge in [-0.05, 0) is 43.2 Å².